The molecule has 5 heteroatoms. The Kier molecular flexibility index (Phi) is 5.30. The fraction of sp³-hybridized carbons (Fsp3) is 0.571. The maximum absolute atomic E-state index is 10.5. The zero-order valence-corrected chi connectivity index (χ0v) is 11.2. The summed E-state index contributed by atoms with van der Waals surface area (Å²) < 4.78 is 0. The highest BCUT2D eigenvalue weighted by atomic mass is 16.4. The Balaban J connectivity index is 1.65. The van der Waals surface area contributed by atoms with Gasteiger partial charge in [-0.15, -0.1) is 0 Å². The van der Waals surface area contributed by atoms with Gasteiger partial charge in [0.25, 0.3) is 0 Å². The standard InChI is InChI=1S/C14H21N3O2/c18-14(19)4-7-17-10-8-16(9-11-17)6-3-13-2-1-5-15-12-13/h1-2,5,12H,3-4,6-11H2,(H,18,19). The average molecular weight is 263 g/mol. The lowest BCUT2D eigenvalue weighted by Crippen LogP contribution is -2.47. The van der Waals surface area contributed by atoms with Crippen molar-refractivity contribution < 1.29 is 9.90 Å². The fourth-order valence-corrected chi connectivity index (χ4v) is 2.32. The molecule has 1 N–H and O–H groups in total. The summed E-state index contributed by atoms with van der Waals surface area (Å²) in [5, 5.41) is 8.66. The molecule has 19 heavy (non-hydrogen) atoms. The van der Waals surface area contributed by atoms with Crippen LogP contribution in [0.15, 0.2) is 24.5 Å². The minimum Gasteiger partial charge on any atom is -0.481 e. The molecule has 1 aromatic rings. The first kappa shape index (κ1) is 14.0. The molecule has 104 valence electrons. The Labute approximate surface area is 113 Å². The first-order valence-electron chi connectivity index (χ1n) is 6.79. The summed E-state index contributed by atoms with van der Waals surface area (Å²) in [6.07, 6.45) is 4.99. The molecule has 0 bridgehead atoms. The van der Waals surface area contributed by atoms with Crippen LogP contribution < -0.4 is 0 Å². The highest BCUT2D eigenvalue weighted by Gasteiger charge is 2.16. The Hall–Kier alpha value is -1.46. The summed E-state index contributed by atoms with van der Waals surface area (Å²) in [4.78, 5) is 19.3. The molecule has 0 atom stereocenters. The summed E-state index contributed by atoms with van der Waals surface area (Å²) >= 11 is 0. The molecule has 2 heterocycles. The molecule has 1 saturated heterocycles. The molecular formula is C14H21N3O2. The second-order valence-corrected chi connectivity index (χ2v) is 4.94. The van der Waals surface area contributed by atoms with Gasteiger partial charge in [0.15, 0.2) is 0 Å². The van der Waals surface area contributed by atoms with Crippen LogP contribution in [0.2, 0.25) is 0 Å². The lowest BCUT2D eigenvalue weighted by atomic mass is 10.2. The minimum atomic E-state index is -0.709. The van der Waals surface area contributed by atoms with Gasteiger partial charge in [-0.3, -0.25) is 9.78 Å². The highest BCUT2D eigenvalue weighted by Crippen LogP contribution is 2.05. The smallest absolute Gasteiger partial charge is 0.304 e. The van der Waals surface area contributed by atoms with E-state index < -0.39 is 5.97 Å². The van der Waals surface area contributed by atoms with Gasteiger partial charge in [0, 0.05) is 51.7 Å². The highest BCUT2D eigenvalue weighted by molar-refractivity contribution is 5.66. The number of aromatic nitrogens is 1. The molecule has 1 fully saturated rings. The van der Waals surface area contributed by atoms with E-state index in [9.17, 15) is 4.79 Å². The summed E-state index contributed by atoms with van der Waals surface area (Å²) in [6.45, 7) is 5.73. The first-order valence-corrected chi connectivity index (χ1v) is 6.79. The summed E-state index contributed by atoms with van der Waals surface area (Å²) in [5.41, 5.74) is 1.27. The molecule has 0 aromatic carbocycles. The Morgan fingerprint density at radius 2 is 1.89 bits per heavy atom. The van der Waals surface area contributed by atoms with Crippen molar-refractivity contribution in [3.05, 3.63) is 30.1 Å². The Morgan fingerprint density at radius 1 is 1.21 bits per heavy atom. The SMILES string of the molecule is O=C(O)CCN1CCN(CCc2cccnc2)CC1. The average Bonchev–Trinajstić information content (AvgIpc) is 2.45. The Bertz CT molecular complexity index is 389. The number of carboxylic acid groups (broad SMARTS) is 1. The molecular weight excluding hydrogens is 242 g/mol. The zero-order valence-electron chi connectivity index (χ0n) is 11.2. The topological polar surface area (TPSA) is 56.7 Å². The van der Waals surface area contributed by atoms with E-state index in [-0.39, 0.29) is 6.42 Å². The number of hydrogen-bond donors (Lipinski definition) is 1. The lowest BCUT2D eigenvalue weighted by Gasteiger charge is -2.34. The van der Waals surface area contributed by atoms with E-state index >= 15 is 0 Å². The lowest BCUT2D eigenvalue weighted by molar-refractivity contribution is -0.137. The van der Waals surface area contributed by atoms with Crippen molar-refractivity contribution in [3.63, 3.8) is 0 Å². The number of aliphatic carboxylic acids is 1. The van der Waals surface area contributed by atoms with Crippen LogP contribution in [0.3, 0.4) is 0 Å². The molecule has 1 aliphatic rings. The van der Waals surface area contributed by atoms with E-state index in [1.807, 2.05) is 12.3 Å². The predicted octanol–water partition coefficient (Wildman–Crippen LogP) is 0.716. The molecule has 0 spiro atoms. The van der Waals surface area contributed by atoms with Crippen LogP contribution >= 0.6 is 0 Å². The number of pyridine rings is 1. The quantitative estimate of drug-likeness (QED) is 0.819. The summed E-state index contributed by atoms with van der Waals surface area (Å²) in [6, 6.07) is 4.08. The van der Waals surface area contributed by atoms with Crippen molar-refractivity contribution in [2.45, 2.75) is 12.8 Å². The predicted molar refractivity (Wildman–Crippen MR) is 73.1 cm³/mol. The normalized spacial score (nSPS) is 17.5. The number of carbonyl (C=O) groups is 1. The fourth-order valence-electron chi connectivity index (χ4n) is 2.32. The zero-order chi connectivity index (χ0) is 13.5. The Morgan fingerprint density at radius 3 is 2.47 bits per heavy atom. The summed E-state index contributed by atoms with van der Waals surface area (Å²) in [5.74, 6) is -0.709. The van der Waals surface area contributed by atoms with E-state index in [2.05, 4.69) is 20.9 Å². The van der Waals surface area contributed by atoms with Gasteiger partial charge in [-0.2, -0.15) is 0 Å². The van der Waals surface area contributed by atoms with E-state index in [4.69, 9.17) is 5.11 Å². The van der Waals surface area contributed by atoms with Crippen LogP contribution in [0.1, 0.15) is 12.0 Å². The molecule has 2 rings (SSSR count). The van der Waals surface area contributed by atoms with Crippen molar-refractivity contribution in [1.29, 1.82) is 0 Å². The van der Waals surface area contributed by atoms with E-state index in [0.717, 1.165) is 39.1 Å². The van der Waals surface area contributed by atoms with E-state index in [0.29, 0.717) is 6.54 Å². The van der Waals surface area contributed by atoms with Crippen molar-refractivity contribution in [3.8, 4) is 0 Å². The number of carboxylic acids is 1. The summed E-state index contributed by atoms with van der Waals surface area (Å²) in [7, 11) is 0. The minimum absolute atomic E-state index is 0.246. The molecule has 0 amide bonds. The van der Waals surface area contributed by atoms with Gasteiger partial charge < -0.3 is 14.9 Å². The maximum Gasteiger partial charge on any atom is 0.304 e. The molecule has 0 saturated carbocycles. The van der Waals surface area contributed by atoms with Crippen molar-refractivity contribution in [1.82, 2.24) is 14.8 Å². The van der Waals surface area contributed by atoms with Crippen molar-refractivity contribution >= 4 is 5.97 Å². The second kappa shape index (κ2) is 7.21. The van der Waals surface area contributed by atoms with Gasteiger partial charge >= 0.3 is 5.97 Å². The maximum atomic E-state index is 10.5. The molecule has 0 aliphatic carbocycles. The van der Waals surface area contributed by atoms with Gasteiger partial charge in [-0.05, 0) is 18.1 Å². The second-order valence-electron chi connectivity index (χ2n) is 4.94. The van der Waals surface area contributed by atoms with Gasteiger partial charge in [0.2, 0.25) is 0 Å². The molecule has 0 unspecified atom stereocenters. The van der Waals surface area contributed by atoms with Crippen LogP contribution in [-0.2, 0) is 11.2 Å². The van der Waals surface area contributed by atoms with E-state index in [1.165, 1.54) is 5.56 Å². The molecule has 1 aromatic heterocycles. The van der Waals surface area contributed by atoms with E-state index in [1.54, 1.807) is 6.20 Å². The number of hydrogen-bond acceptors (Lipinski definition) is 4. The van der Waals surface area contributed by atoms with Crippen molar-refractivity contribution in [2.75, 3.05) is 39.3 Å². The third-order valence-corrected chi connectivity index (χ3v) is 3.55. The molecule has 0 radical (unpaired) electrons. The third kappa shape index (κ3) is 4.96. The molecule has 1 aliphatic heterocycles. The molecule has 5 nitrogen and oxygen atoms in total. The third-order valence-electron chi connectivity index (χ3n) is 3.55. The van der Waals surface area contributed by atoms with Crippen molar-refractivity contribution in [2.24, 2.45) is 0 Å². The van der Waals surface area contributed by atoms with Gasteiger partial charge in [-0.1, -0.05) is 6.07 Å². The van der Waals surface area contributed by atoms with Crippen LogP contribution in [-0.4, -0.2) is 65.1 Å². The van der Waals surface area contributed by atoms with Crippen LogP contribution in [0.5, 0.6) is 0 Å². The van der Waals surface area contributed by atoms with Crippen LogP contribution in [0.25, 0.3) is 0 Å². The van der Waals surface area contributed by atoms with Crippen LogP contribution in [0, 0.1) is 0 Å². The van der Waals surface area contributed by atoms with Gasteiger partial charge in [0.05, 0.1) is 6.42 Å². The number of rotatable bonds is 6. The number of piperazine rings is 1. The van der Waals surface area contributed by atoms with Gasteiger partial charge in [0.1, 0.15) is 0 Å². The monoisotopic (exact) mass is 263 g/mol. The van der Waals surface area contributed by atoms with Crippen LogP contribution in [0.4, 0.5) is 0 Å². The largest absolute Gasteiger partial charge is 0.481 e. The van der Waals surface area contributed by atoms with Gasteiger partial charge in [-0.25, -0.2) is 0 Å². The number of nitrogens with zero attached hydrogens (tertiary/aromatic N) is 3. The first-order chi connectivity index (χ1) is 9.24.